The Morgan fingerprint density at radius 2 is 1.18 bits per heavy atom. The molecular formula is C20H14N2. The van der Waals surface area contributed by atoms with Crippen molar-refractivity contribution in [2.24, 2.45) is 0 Å². The van der Waals surface area contributed by atoms with Crippen LogP contribution in [0.15, 0.2) is 85.2 Å². The van der Waals surface area contributed by atoms with Crippen LogP contribution in [0, 0.1) is 11.3 Å². The van der Waals surface area contributed by atoms with Crippen LogP contribution in [0.5, 0.6) is 0 Å². The molecule has 0 N–H and O–H groups in total. The fourth-order valence-corrected chi connectivity index (χ4v) is 2.45. The lowest BCUT2D eigenvalue weighted by atomic mass is 9.91. The van der Waals surface area contributed by atoms with Crippen molar-refractivity contribution in [3.05, 3.63) is 102 Å². The van der Waals surface area contributed by atoms with Crippen molar-refractivity contribution in [1.82, 2.24) is 4.98 Å². The van der Waals surface area contributed by atoms with Gasteiger partial charge in [-0.2, -0.15) is 5.26 Å². The normalized spacial score (nSPS) is 11.4. The first-order valence-corrected chi connectivity index (χ1v) is 7.06. The molecule has 0 bridgehead atoms. The number of hydrogen-bond acceptors (Lipinski definition) is 2. The number of hydrogen-bond donors (Lipinski definition) is 0. The minimum atomic E-state index is 0.665. The number of pyridine rings is 1. The third kappa shape index (κ3) is 2.79. The summed E-state index contributed by atoms with van der Waals surface area (Å²) in [6, 6.07) is 26.0. The van der Waals surface area contributed by atoms with E-state index in [9.17, 15) is 5.26 Å². The minimum absolute atomic E-state index is 0.665. The molecule has 0 amide bonds. The summed E-state index contributed by atoms with van der Waals surface area (Å²) < 4.78 is 0. The van der Waals surface area contributed by atoms with E-state index in [-0.39, 0.29) is 0 Å². The van der Waals surface area contributed by atoms with Crippen molar-refractivity contribution in [2.45, 2.75) is 0 Å². The first kappa shape index (κ1) is 13.8. The zero-order valence-electron chi connectivity index (χ0n) is 12.0. The monoisotopic (exact) mass is 282 g/mol. The molecule has 1 aromatic heterocycles. The summed E-state index contributed by atoms with van der Waals surface area (Å²) in [5.41, 5.74) is 4.52. The van der Waals surface area contributed by atoms with Gasteiger partial charge in [0.2, 0.25) is 0 Å². The molecule has 1 heterocycles. The highest BCUT2D eigenvalue weighted by atomic mass is 14.6. The van der Waals surface area contributed by atoms with Gasteiger partial charge in [-0.25, -0.2) is 0 Å². The highest BCUT2D eigenvalue weighted by Gasteiger charge is 2.13. The Bertz CT molecular complexity index is 772. The van der Waals surface area contributed by atoms with E-state index in [0.29, 0.717) is 5.57 Å². The fourth-order valence-electron chi connectivity index (χ4n) is 2.45. The lowest BCUT2D eigenvalue weighted by Gasteiger charge is -2.12. The van der Waals surface area contributed by atoms with Gasteiger partial charge in [0.25, 0.3) is 0 Å². The van der Waals surface area contributed by atoms with Crippen LogP contribution in [0.2, 0.25) is 0 Å². The summed E-state index contributed by atoms with van der Waals surface area (Å²) in [6.45, 7) is 0. The van der Waals surface area contributed by atoms with Crippen molar-refractivity contribution >= 4 is 11.1 Å². The minimum Gasteiger partial charge on any atom is -0.265 e. The molecule has 3 rings (SSSR count). The molecule has 0 aliphatic rings. The topological polar surface area (TPSA) is 36.7 Å². The second-order valence-electron chi connectivity index (χ2n) is 4.83. The van der Waals surface area contributed by atoms with Crippen LogP contribution in [0.25, 0.3) is 11.1 Å². The van der Waals surface area contributed by atoms with Gasteiger partial charge in [0.15, 0.2) is 0 Å². The quantitative estimate of drug-likeness (QED) is 0.521. The largest absolute Gasteiger partial charge is 0.265 e. The second kappa shape index (κ2) is 6.51. The van der Waals surface area contributed by atoms with E-state index >= 15 is 0 Å². The Labute approximate surface area is 130 Å². The molecule has 0 radical (unpaired) electrons. The van der Waals surface area contributed by atoms with Crippen LogP contribution in [0.3, 0.4) is 0 Å². The highest BCUT2D eigenvalue weighted by molar-refractivity contribution is 6.03. The van der Waals surface area contributed by atoms with Crippen LogP contribution in [0.1, 0.15) is 16.7 Å². The molecule has 0 aliphatic heterocycles. The molecule has 2 nitrogen and oxygen atoms in total. The molecule has 0 fully saturated rings. The zero-order chi connectivity index (χ0) is 15.2. The zero-order valence-corrected chi connectivity index (χ0v) is 12.0. The first-order valence-electron chi connectivity index (χ1n) is 7.06. The van der Waals surface area contributed by atoms with Crippen molar-refractivity contribution in [3.63, 3.8) is 0 Å². The maximum atomic E-state index is 9.75. The van der Waals surface area contributed by atoms with Gasteiger partial charge >= 0.3 is 0 Å². The Kier molecular flexibility index (Phi) is 4.08. The summed E-state index contributed by atoms with van der Waals surface area (Å²) in [4.78, 5) is 4.07. The Hall–Kier alpha value is -3.18. The van der Waals surface area contributed by atoms with Crippen LogP contribution in [-0.2, 0) is 0 Å². The van der Waals surface area contributed by atoms with Gasteiger partial charge in [-0.05, 0) is 28.8 Å². The van der Waals surface area contributed by atoms with Gasteiger partial charge < -0.3 is 0 Å². The number of benzene rings is 2. The lowest BCUT2D eigenvalue weighted by Crippen LogP contribution is -1.94. The molecule has 3 aromatic rings. The van der Waals surface area contributed by atoms with E-state index in [1.54, 1.807) is 12.4 Å². The predicted octanol–water partition coefficient (Wildman–Crippen LogP) is 4.56. The molecule has 0 saturated carbocycles. The van der Waals surface area contributed by atoms with E-state index < -0.39 is 0 Å². The molecule has 0 unspecified atom stereocenters. The van der Waals surface area contributed by atoms with Crippen molar-refractivity contribution in [2.75, 3.05) is 0 Å². The highest BCUT2D eigenvalue weighted by Crippen LogP contribution is 2.31. The summed E-state index contributed by atoms with van der Waals surface area (Å²) in [6.07, 6.45) is 3.50. The van der Waals surface area contributed by atoms with Crippen LogP contribution in [0.4, 0.5) is 0 Å². The third-order valence-corrected chi connectivity index (χ3v) is 3.46. The number of nitrogens with zero attached hydrogens (tertiary/aromatic N) is 2. The van der Waals surface area contributed by atoms with Crippen molar-refractivity contribution in [1.29, 1.82) is 5.26 Å². The van der Waals surface area contributed by atoms with E-state index in [2.05, 4.69) is 11.1 Å². The van der Waals surface area contributed by atoms with Gasteiger partial charge in [-0.1, -0.05) is 60.7 Å². The van der Waals surface area contributed by atoms with E-state index in [1.165, 1.54) is 0 Å². The first-order chi connectivity index (χ1) is 10.9. The standard InChI is InChI=1S/C20H14N2/c21-15-19(16-7-3-1-4-8-16)20(17-9-5-2-6-10-17)18-11-13-22-14-12-18/h1-14H. The molecule has 0 aliphatic carbocycles. The molecule has 2 aromatic carbocycles. The number of allylic oxidation sites excluding steroid dienone is 1. The molecule has 0 atom stereocenters. The van der Waals surface area contributed by atoms with Crippen molar-refractivity contribution in [3.8, 4) is 6.07 Å². The maximum absolute atomic E-state index is 9.75. The van der Waals surface area contributed by atoms with Gasteiger partial charge in [0.1, 0.15) is 6.07 Å². The van der Waals surface area contributed by atoms with Gasteiger partial charge in [-0.15, -0.1) is 0 Å². The second-order valence-corrected chi connectivity index (χ2v) is 4.83. The number of nitriles is 1. The van der Waals surface area contributed by atoms with Crippen LogP contribution >= 0.6 is 0 Å². The van der Waals surface area contributed by atoms with Gasteiger partial charge in [0, 0.05) is 18.0 Å². The predicted molar refractivity (Wildman–Crippen MR) is 88.7 cm³/mol. The van der Waals surface area contributed by atoms with Crippen LogP contribution in [-0.4, -0.2) is 4.98 Å². The summed E-state index contributed by atoms with van der Waals surface area (Å²) in [7, 11) is 0. The molecular weight excluding hydrogens is 268 g/mol. The molecule has 2 heteroatoms. The molecule has 0 saturated heterocycles. The molecule has 22 heavy (non-hydrogen) atoms. The van der Waals surface area contributed by atoms with E-state index in [4.69, 9.17) is 0 Å². The Balaban J connectivity index is 2.30. The van der Waals surface area contributed by atoms with E-state index in [0.717, 1.165) is 22.3 Å². The fraction of sp³-hybridized carbons (Fsp3) is 0. The molecule has 104 valence electrons. The van der Waals surface area contributed by atoms with Gasteiger partial charge in [0.05, 0.1) is 5.57 Å². The van der Waals surface area contributed by atoms with Crippen LogP contribution < -0.4 is 0 Å². The number of rotatable bonds is 3. The average Bonchev–Trinajstić information content (AvgIpc) is 2.62. The third-order valence-electron chi connectivity index (χ3n) is 3.46. The number of aromatic nitrogens is 1. The van der Waals surface area contributed by atoms with Crippen molar-refractivity contribution < 1.29 is 0 Å². The Morgan fingerprint density at radius 1 is 0.682 bits per heavy atom. The molecule has 0 spiro atoms. The smallest absolute Gasteiger partial charge is 0.100 e. The average molecular weight is 282 g/mol. The summed E-state index contributed by atoms with van der Waals surface area (Å²) in [5.74, 6) is 0. The van der Waals surface area contributed by atoms with E-state index in [1.807, 2.05) is 72.8 Å². The summed E-state index contributed by atoms with van der Waals surface area (Å²) in [5, 5.41) is 9.75. The SMILES string of the molecule is N#CC(=C(c1ccccc1)c1ccncc1)c1ccccc1. The Morgan fingerprint density at radius 3 is 1.73 bits per heavy atom. The maximum Gasteiger partial charge on any atom is 0.100 e. The van der Waals surface area contributed by atoms with Gasteiger partial charge in [-0.3, -0.25) is 4.98 Å². The lowest BCUT2D eigenvalue weighted by molar-refractivity contribution is 1.31. The summed E-state index contributed by atoms with van der Waals surface area (Å²) >= 11 is 0.